The molecule has 1 saturated heterocycles. The minimum absolute atomic E-state index is 0.0202. The van der Waals surface area contributed by atoms with Crippen molar-refractivity contribution in [2.75, 3.05) is 23.7 Å². The Hall–Kier alpha value is -2.04. The standard InChI is InChI=1S/C17H23N3O2/c1-2-3-8-15(21)20-11-9-17(10-12-20)16(22)18-13-6-4-5-7-14(13)19-17/h4-7,19H,2-3,8-12H2,1H3,(H,18,22). The number of amides is 2. The number of likely N-dealkylation sites (tertiary alicyclic amines) is 1. The maximum Gasteiger partial charge on any atom is 0.250 e. The van der Waals surface area contributed by atoms with E-state index < -0.39 is 5.54 Å². The highest BCUT2D eigenvalue weighted by Crippen LogP contribution is 2.36. The lowest BCUT2D eigenvalue weighted by atomic mass is 9.84. The fraction of sp³-hybridized carbons (Fsp3) is 0.529. The molecule has 1 aromatic rings. The molecule has 5 nitrogen and oxygen atoms in total. The molecule has 2 heterocycles. The minimum Gasteiger partial charge on any atom is -0.369 e. The number of benzene rings is 1. The molecular weight excluding hydrogens is 278 g/mol. The number of anilines is 2. The molecule has 118 valence electrons. The first kappa shape index (κ1) is 14.9. The third-order valence-corrected chi connectivity index (χ3v) is 4.70. The number of hydrogen-bond donors (Lipinski definition) is 2. The number of piperidine rings is 1. The summed E-state index contributed by atoms with van der Waals surface area (Å²) in [6.45, 7) is 3.38. The molecule has 2 N–H and O–H groups in total. The molecular formula is C17H23N3O2. The number of carbonyl (C=O) groups is 2. The molecule has 0 radical (unpaired) electrons. The smallest absolute Gasteiger partial charge is 0.250 e. The third-order valence-electron chi connectivity index (χ3n) is 4.70. The van der Waals surface area contributed by atoms with Gasteiger partial charge >= 0.3 is 0 Å². The van der Waals surface area contributed by atoms with E-state index in [1.807, 2.05) is 29.2 Å². The molecule has 2 aliphatic heterocycles. The normalized spacial score (nSPS) is 19.3. The van der Waals surface area contributed by atoms with Crippen molar-refractivity contribution in [1.82, 2.24) is 4.90 Å². The molecule has 0 aliphatic carbocycles. The van der Waals surface area contributed by atoms with Crippen LogP contribution in [0.2, 0.25) is 0 Å². The summed E-state index contributed by atoms with van der Waals surface area (Å²) < 4.78 is 0. The van der Waals surface area contributed by atoms with Crippen molar-refractivity contribution in [1.29, 1.82) is 0 Å². The first-order valence-electron chi connectivity index (χ1n) is 8.11. The number of fused-ring (bicyclic) bond motifs is 1. The summed E-state index contributed by atoms with van der Waals surface area (Å²) in [5.74, 6) is 0.236. The number of nitrogens with one attached hydrogen (secondary N) is 2. The van der Waals surface area contributed by atoms with Crippen LogP contribution in [0.1, 0.15) is 39.0 Å². The Morgan fingerprint density at radius 2 is 1.91 bits per heavy atom. The van der Waals surface area contributed by atoms with E-state index in [1.165, 1.54) is 0 Å². The van der Waals surface area contributed by atoms with E-state index in [4.69, 9.17) is 0 Å². The summed E-state index contributed by atoms with van der Waals surface area (Å²) in [6, 6.07) is 7.75. The molecule has 1 fully saturated rings. The Morgan fingerprint density at radius 3 is 2.59 bits per heavy atom. The van der Waals surface area contributed by atoms with Crippen LogP contribution in [0.5, 0.6) is 0 Å². The topological polar surface area (TPSA) is 61.4 Å². The van der Waals surface area contributed by atoms with Gasteiger partial charge in [-0.3, -0.25) is 9.59 Å². The van der Waals surface area contributed by atoms with Crippen LogP contribution >= 0.6 is 0 Å². The van der Waals surface area contributed by atoms with Gasteiger partial charge in [-0.15, -0.1) is 0 Å². The van der Waals surface area contributed by atoms with Crippen molar-refractivity contribution < 1.29 is 9.59 Å². The van der Waals surface area contributed by atoms with Gasteiger partial charge in [0.25, 0.3) is 0 Å². The molecule has 3 rings (SSSR count). The second-order valence-electron chi connectivity index (χ2n) is 6.19. The minimum atomic E-state index is -0.574. The van der Waals surface area contributed by atoms with Crippen LogP contribution in [0.4, 0.5) is 11.4 Å². The van der Waals surface area contributed by atoms with Crippen LogP contribution in [-0.2, 0) is 9.59 Å². The van der Waals surface area contributed by atoms with E-state index in [9.17, 15) is 9.59 Å². The van der Waals surface area contributed by atoms with Gasteiger partial charge in [0.05, 0.1) is 11.4 Å². The quantitative estimate of drug-likeness (QED) is 0.902. The predicted octanol–water partition coefficient (Wildman–Crippen LogP) is 2.60. The summed E-state index contributed by atoms with van der Waals surface area (Å²) in [5.41, 5.74) is 1.23. The third kappa shape index (κ3) is 2.67. The van der Waals surface area contributed by atoms with Gasteiger partial charge in [-0.05, 0) is 31.4 Å². The summed E-state index contributed by atoms with van der Waals surface area (Å²) in [4.78, 5) is 26.5. The summed E-state index contributed by atoms with van der Waals surface area (Å²) >= 11 is 0. The molecule has 0 atom stereocenters. The van der Waals surface area contributed by atoms with Gasteiger partial charge in [0.2, 0.25) is 11.8 Å². The van der Waals surface area contributed by atoms with Crippen LogP contribution in [0.3, 0.4) is 0 Å². The second-order valence-corrected chi connectivity index (χ2v) is 6.19. The number of nitrogens with zero attached hydrogens (tertiary/aromatic N) is 1. The zero-order chi connectivity index (χ0) is 15.6. The van der Waals surface area contributed by atoms with E-state index in [0.29, 0.717) is 32.4 Å². The van der Waals surface area contributed by atoms with Gasteiger partial charge in [-0.1, -0.05) is 25.5 Å². The Balaban J connectivity index is 1.67. The van der Waals surface area contributed by atoms with E-state index in [1.54, 1.807) is 0 Å². The first-order chi connectivity index (χ1) is 10.6. The molecule has 0 saturated carbocycles. The average molecular weight is 301 g/mol. The van der Waals surface area contributed by atoms with Gasteiger partial charge in [-0.25, -0.2) is 0 Å². The maximum atomic E-state index is 12.5. The molecule has 1 spiro atoms. The number of carbonyl (C=O) groups excluding carboxylic acids is 2. The Bertz CT molecular complexity index is 577. The van der Waals surface area contributed by atoms with Crippen LogP contribution in [0, 0.1) is 0 Å². The SMILES string of the molecule is CCCCC(=O)N1CCC2(CC1)Nc1ccccc1NC2=O. The van der Waals surface area contributed by atoms with Gasteiger partial charge in [0.1, 0.15) is 5.54 Å². The molecule has 22 heavy (non-hydrogen) atoms. The van der Waals surface area contributed by atoms with Gasteiger partial charge in [0, 0.05) is 19.5 Å². The average Bonchev–Trinajstić information content (AvgIpc) is 2.54. The van der Waals surface area contributed by atoms with Crippen molar-refractivity contribution in [3.63, 3.8) is 0 Å². The summed E-state index contributed by atoms with van der Waals surface area (Å²) in [7, 11) is 0. The van der Waals surface area contributed by atoms with Gasteiger partial charge in [-0.2, -0.15) is 0 Å². The maximum absolute atomic E-state index is 12.5. The monoisotopic (exact) mass is 301 g/mol. The van der Waals surface area contributed by atoms with Crippen LogP contribution < -0.4 is 10.6 Å². The van der Waals surface area contributed by atoms with Crippen LogP contribution in [0.15, 0.2) is 24.3 Å². The molecule has 2 aliphatic rings. The van der Waals surface area contributed by atoms with Crippen molar-refractivity contribution in [3.05, 3.63) is 24.3 Å². The number of rotatable bonds is 3. The summed E-state index contributed by atoms with van der Waals surface area (Å²) in [6.07, 6.45) is 3.90. The lowest BCUT2D eigenvalue weighted by Gasteiger charge is -2.44. The number of para-hydroxylation sites is 2. The number of hydrogen-bond acceptors (Lipinski definition) is 3. The number of unbranched alkanes of at least 4 members (excludes halogenated alkanes) is 1. The van der Waals surface area contributed by atoms with Gasteiger partial charge < -0.3 is 15.5 Å². The van der Waals surface area contributed by atoms with Crippen LogP contribution in [-0.4, -0.2) is 35.3 Å². The molecule has 2 amide bonds. The first-order valence-corrected chi connectivity index (χ1v) is 8.11. The lowest BCUT2D eigenvalue weighted by molar-refractivity contribution is -0.134. The van der Waals surface area contributed by atoms with E-state index in [2.05, 4.69) is 17.6 Å². The Labute approximate surface area is 131 Å². The Kier molecular flexibility index (Phi) is 4.05. The fourth-order valence-corrected chi connectivity index (χ4v) is 3.23. The second kappa shape index (κ2) is 5.99. The Morgan fingerprint density at radius 1 is 1.23 bits per heavy atom. The van der Waals surface area contributed by atoms with Gasteiger partial charge in [0.15, 0.2) is 0 Å². The van der Waals surface area contributed by atoms with Crippen molar-refractivity contribution in [2.45, 2.75) is 44.6 Å². The molecule has 5 heteroatoms. The van der Waals surface area contributed by atoms with Crippen molar-refractivity contribution in [3.8, 4) is 0 Å². The largest absolute Gasteiger partial charge is 0.369 e. The van der Waals surface area contributed by atoms with E-state index >= 15 is 0 Å². The zero-order valence-corrected chi connectivity index (χ0v) is 13.0. The molecule has 0 aromatic heterocycles. The van der Waals surface area contributed by atoms with Crippen molar-refractivity contribution >= 4 is 23.2 Å². The molecule has 0 bridgehead atoms. The highest BCUT2D eigenvalue weighted by atomic mass is 16.2. The van der Waals surface area contributed by atoms with Crippen LogP contribution in [0.25, 0.3) is 0 Å². The van der Waals surface area contributed by atoms with E-state index in [-0.39, 0.29) is 11.8 Å². The highest BCUT2D eigenvalue weighted by Gasteiger charge is 2.44. The molecule has 1 aromatic carbocycles. The zero-order valence-electron chi connectivity index (χ0n) is 13.0. The highest BCUT2D eigenvalue weighted by molar-refractivity contribution is 6.06. The van der Waals surface area contributed by atoms with Crippen molar-refractivity contribution in [2.24, 2.45) is 0 Å². The van der Waals surface area contributed by atoms with E-state index in [0.717, 1.165) is 24.2 Å². The lowest BCUT2D eigenvalue weighted by Crippen LogP contribution is -2.59. The molecule has 0 unspecified atom stereocenters. The predicted molar refractivity (Wildman–Crippen MR) is 86.8 cm³/mol. The fourth-order valence-electron chi connectivity index (χ4n) is 3.23. The summed E-state index contributed by atoms with van der Waals surface area (Å²) in [5, 5.41) is 6.41.